The van der Waals surface area contributed by atoms with Crippen LogP contribution >= 0.6 is 12.4 Å². The molecule has 6 heteroatoms. The highest BCUT2D eigenvalue weighted by molar-refractivity contribution is 5.85. The Bertz CT molecular complexity index is 415. The van der Waals surface area contributed by atoms with Crippen LogP contribution in [-0.2, 0) is 12.7 Å². The van der Waals surface area contributed by atoms with Gasteiger partial charge in [0.1, 0.15) is 0 Å². The van der Waals surface area contributed by atoms with Gasteiger partial charge in [0.2, 0.25) is 0 Å². The predicted molar refractivity (Wildman–Crippen MR) is 76.1 cm³/mol. The van der Waals surface area contributed by atoms with E-state index in [4.69, 9.17) is 0 Å². The minimum Gasteiger partial charge on any atom is -0.317 e. The Balaban J connectivity index is 0.00000200. The third kappa shape index (κ3) is 4.36. The topological polar surface area (TPSA) is 15.3 Å². The number of hydrogen-bond donors (Lipinski definition) is 1. The zero-order chi connectivity index (χ0) is 13.9. The third-order valence-corrected chi connectivity index (χ3v) is 3.71. The summed E-state index contributed by atoms with van der Waals surface area (Å²) in [5, 5.41) is 3.22. The number of benzene rings is 1. The van der Waals surface area contributed by atoms with Crippen molar-refractivity contribution in [3.63, 3.8) is 0 Å². The van der Waals surface area contributed by atoms with Gasteiger partial charge in [0.25, 0.3) is 0 Å². The van der Waals surface area contributed by atoms with Gasteiger partial charge in [0, 0.05) is 12.6 Å². The predicted octanol–water partition coefficient (Wildman–Crippen LogP) is 3.31. The highest BCUT2D eigenvalue weighted by atomic mass is 35.5. The Morgan fingerprint density at radius 3 is 2.35 bits per heavy atom. The summed E-state index contributed by atoms with van der Waals surface area (Å²) < 4.78 is 38.7. The minimum atomic E-state index is -4.26. The largest absolute Gasteiger partial charge is 0.416 e. The summed E-state index contributed by atoms with van der Waals surface area (Å²) in [6, 6.07) is 6.35. The highest BCUT2D eigenvalue weighted by Crippen LogP contribution is 2.32. The Morgan fingerprint density at radius 2 is 1.80 bits per heavy atom. The lowest BCUT2D eigenvalue weighted by Crippen LogP contribution is -2.40. The SMILES string of the molecule is CNC1CCN(Cc2ccccc2C(F)(F)F)CC1.Cl. The van der Waals surface area contributed by atoms with Crippen LogP contribution in [0.2, 0.25) is 0 Å². The number of hydrogen-bond acceptors (Lipinski definition) is 2. The first kappa shape index (κ1) is 17.3. The van der Waals surface area contributed by atoms with Crippen LogP contribution < -0.4 is 5.32 Å². The Hall–Kier alpha value is -0.780. The molecule has 0 atom stereocenters. The first-order valence-electron chi connectivity index (χ1n) is 6.55. The molecule has 114 valence electrons. The van der Waals surface area contributed by atoms with E-state index in [1.165, 1.54) is 6.07 Å². The number of nitrogens with one attached hydrogen (secondary N) is 1. The molecule has 1 N–H and O–H groups in total. The van der Waals surface area contributed by atoms with Crippen LogP contribution in [0, 0.1) is 0 Å². The van der Waals surface area contributed by atoms with Gasteiger partial charge in [0.15, 0.2) is 0 Å². The van der Waals surface area contributed by atoms with Crippen LogP contribution in [0.1, 0.15) is 24.0 Å². The molecule has 2 nitrogen and oxygen atoms in total. The number of nitrogens with zero attached hydrogens (tertiary/aromatic N) is 1. The normalized spacial score (nSPS) is 17.8. The van der Waals surface area contributed by atoms with Gasteiger partial charge in [-0.3, -0.25) is 4.90 Å². The van der Waals surface area contributed by atoms with Gasteiger partial charge in [0.05, 0.1) is 5.56 Å². The van der Waals surface area contributed by atoms with Crippen LogP contribution in [0.15, 0.2) is 24.3 Å². The Morgan fingerprint density at radius 1 is 1.20 bits per heavy atom. The summed E-state index contributed by atoms with van der Waals surface area (Å²) in [7, 11) is 1.93. The van der Waals surface area contributed by atoms with Crippen LogP contribution in [0.25, 0.3) is 0 Å². The van der Waals surface area contributed by atoms with Crippen molar-refractivity contribution in [3.8, 4) is 0 Å². The van der Waals surface area contributed by atoms with Crippen LogP contribution in [0.4, 0.5) is 13.2 Å². The zero-order valence-corrected chi connectivity index (χ0v) is 12.2. The van der Waals surface area contributed by atoms with Gasteiger partial charge >= 0.3 is 6.18 Å². The highest BCUT2D eigenvalue weighted by Gasteiger charge is 2.33. The fraction of sp³-hybridized carbons (Fsp3) is 0.571. The lowest BCUT2D eigenvalue weighted by molar-refractivity contribution is -0.138. The second-order valence-corrected chi connectivity index (χ2v) is 4.99. The molecule has 0 aromatic heterocycles. The average molecular weight is 309 g/mol. The molecule has 0 amide bonds. The van der Waals surface area contributed by atoms with Gasteiger partial charge in [-0.2, -0.15) is 13.2 Å². The summed E-state index contributed by atoms with van der Waals surface area (Å²) in [6.07, 6.45) is -2.28. The van der Waals surface area contributed by atoms with Crippen molar-refractivity contribution in [2.75, 3.05) is 20.1 Å². The van der Waals surface area contributed by atoms with Crippen molar-refractivity contribution in [2.45, 2.75) is 31.6 Å². The van der Waals surface area contributed by atoms with E-state index in [1.54, 1.807) is 12.1 Å². The van der Waals surface area contributed by atoms with Crippen molar-refractivity contribution in [2.24, 2.45) is 0 Å². The maximum Gasteiger partial charge on any atom is 0.416 e. The fourth-order valence-corrected chi connectivity index (χ4v) is 2.56. The average Bonchev–Trinajstić information content (AvgIpc) is 2.39. The molecule has 0 unspecified atom stereocenters. The van der Waals surface area contributed by atoms with E-state index in [1.807, 2.05) is 7.05 Å². The molecule has 1 aromatic rings. The molecule has 20 heavy (non-hydrogen) atoms. The molecule has 0 aliphatic carbocycles. The van der Waals surface area contributed by atoms with E-state index in [-0.39, 0.29) is 12.4 Å². The van der Waals surface area contributed by atoms with Gasteiger partial charge < -0.3 is 5.32 Å². The molecule has 1 fully saturated rings. The van der Waals surface area contributed by atoms with Gasteiger partial charge in [-0.1, -0.05) is 18.2 Å². The fourth-order valence-electron chi connectivity index (χ4n) is 2.56. The molecular weight excluding hydrogens is 289 g/mol. The Labute approximate surface area is 123 Å². The van der Waals surface area contributed by atoms with Crippen LogP contribution in [0.3, 0.4) is 0 Å². The molecule has 1 aliphatic rings. The summed E-state index contributed by atoms with van der Waals surface area (Å²) in [6.45, 7) is 2.07. The van der Waals surface area contributed by atoms with Crippen molar-refractivity contribution in [1.29, 1.82) is 0 Å². The maximum atomic E-state index is 12.9. The second kappa shape index (κ2) is 7.29. The van der Waals surface area contributed by atoms with E-state index in [9.17, 15) is 13.2 Å². The van der Waals surface area contributed by atoms with Crippen molar-refractivity contribution in [1.82, 2.24) is 10.2 Å². The molecule has 1 heterocycles. The van der Waals surface area contributed by atoms with Gasteiger partial charge in [-0.15, -0.1) is 12.4 Å². The molecular formula is C14H20ClF3N2. The molecule has 0 bridgehead atoms. The first-order valence-corrected chi connectivity index (χ1v) is 6.55. The summed E-state index contributed by atoms with van der Waals surface area (Å²) in [4.78, 5) is 2.10. The van der Waals surface area contributed by atoms with Crippen molar-refractivity contribution < 1.29 is 13.2 Å². The lowest BCUT2D eigenvalue weighted by Gasteiger charge is -2.32. The van der Waals surface area contributed by atoms with Crippen LogP contribution in [-0.4, -0.2) is 31.1 Å². The number of rotatable bonds is 3. The van der Waals surface area contributed by atoms with Crippen molar-refractivity contribution in [3.05, 3.63) is 35.4 Å². The van der Waals surface area contributed by atoms with Crippen LogP contribution in [0.5, 0.6) is 0 Å². The second-order valence-electron chi connectivity index (χ2n) is 4.99. The van der Waals surface area contributed by atoms with Gasteiger partial charge in [-0.25, -0.2) is 0 Å². The Kier molecular flexibility index (Phi) is 6.30. The number of alkyl halides is 3. The maximum absolute atomic E-state index is 12.9. The van der Waals surface area contributed by atoms with E-state index < -0.39 is 11.7 Å². The molecule has 2 rings (SSSR count). The molecule has 1 saturated heterocycles. The monoisotopic (exact) mass is 308 g/mol. The minimum absolute atomic E-state index is 0. The number of likely N-dealkylation sites (tertiary alicyclic amines) is 1. The lowest BCUT2D eigenvalue weighted by atomic mass is 10.0. The quantitative estimate of drug-likeness (QED) is 0.921. The van der Waals surface area contributed by atoms with Gasteiger partial charge in [-0.05, 0) is 44.6 Å². The third-order valence-electron chi connectivity index (χ3n) is 3.71. The van der Waals surface area contributed by atoms with E-state index in [0.29, 0.717) is 18.2 Å². The van der Waals surface area contributed by atoms with E-state index >= 15 is 0 Å². The molecule has 1 aliphatic heterocycles. The number of halogens is 4. The number of piperidine rings is 1. The van der Waals surface area contributed by atoms with E-state index in [0.717, 1.165) is 32.0 Å². The van der Waals surface area contributed by atoms with Crippen molar-refractivity contribution >= 4 is 12.4 Å². The standard InChI is InChI=1S/C14H19F3N2.ClH/c1-18-12-6-8-19(9-7-12)10-11-4-2-3-5-13(11)14(15,16)17;/h2-5,12,18H,6-10H2,1H3;1H. The summed E-state index contributed by atoms with van der Waals surface area (Å²) in [5.41, 5.74) is -0.136. The molecule has 0 spiro atoms. The molecule has 0 saturated carbocycles. The smallest absolute Gasteiger partial charge is 0.317 e. The molecule has 0 radical (unpaired) electrons. The van der Waals surface area contributed by atoms with E-state index in [2.05, 4.69) is 10.2 Å². The molecule has 1 aromatic carbocycles. The zero-order valence-electron chi connectivity index (χ0n) is 11.4. The summed E-state index contributed by atoms with van der Waals surface area (Å²) in [5.74, 6) is 0. The first-order chi connectivity index (χ1) is 9.00. The summed E-state index contributed by atoms with van der Waals surface area (Å²) >= 11 is 0.